The summed E-state index contributed by atoms with van der Waals surface area (Å²) in [7, 11) is 1.94. The van der Waals surface area contributed by atoms with Crippen molar-refractivity contribution in [1.29, 1.82) is 0 Å². The van der Waals surface area contributed by atoms with E-state index in [0.717, 1.165) is 32.5 Å². The molecule has 1 unspecified atom stereocenters. The van der Waals surface area contributed by atoms with E-state index >= 15 is 0 Å². The van der Waals surface area contributed by atoms with E-state index in [9.17, 15) is 9.59 Å². The highest BCUT2D eigenvalue weighted by molar-refractivity contribution is 7.14. The van der Waals surface area contributed by atoms with E-state index in [0.29, 0.717) is 28.1 Å². The Bertz CT molecular complexity index is 768. The Morgan fingerprint density at radius 1 is 1.46 bits per heavy atom. The first kappa shape index (κ1) is 18.6. The Hall–Kier alpha value is -2.19. The number of aryl methyl sites for hydroxylation is 1. The van der Waals surface area contributed by atoms with Crippen LogP contribution in [-0.4, -0.2) is 48.4 Å². The number of aromatic nitrogens is 1. The molecule has 1 aliphatic heterocycles. The molecule has 0 bridgehead atoms. The summed E-state index contributed by atoms with van der Waals surface area (Å²) in [6, 6.07) is 1.63. The molecule has 140 valence electrons. The molecule has 2 N–H and O–H groups in total. The molecule has 2 aromatic rings. The summed E-state index contributed by atoms with van der Waals surface area (Å²) in [6.07, 6.45) is 3.95. The Kier molecular flexibility index (Phi) is 6.05. The van der Waals surface area contributed by atoms with E-state index in [1.807, 2.05) is 17.3 Å². The molecular formula is C18H24N4O3S. The van der Waals surface area contributed by atoms with Crippen LogP contribution >= 0.6 is 11.3 Å². The predicted molar refractivity (Wildman–Crippen MR) is 100 cm³/mol. The highest BCUT2D eigenvalue weighted by atomic mass is 32.1. The molecule has 0 spiro atoms. The number of piperidine rings is 1. The van der Waals surface area contributed by atoms with E-state index < -0.39 is 0 Å². The lowest BCUT2D eigenvalue weighted by molar-refractivity contribution is -0.132. The molecule has 1 saturated heterocycles. The second kappa shape index (κ2) is 8.46. The molecule has 3 heterocycles. The zero-order valence-electron chi connectivity index (χ0n) is 15.1. The van der Waals surface area contributed by atoms with E-state index in [1.54, 1.807) is 13.0 Å². The summed E-state index contributed by atoms with van der Waals surface area (Å²) < 4.78 is 5.14. The van der Waals surface area contributed by atoms with Crippen LogP contribution in [0.2, 0.25) is 0 Å². The number of nitrogens with one attached hydrogen (secondary N) is 2. The van der Waals surface area contributed by atoms with Crippen LogP contribution in [0.1, 0.15) is 34.7 Å². The second-order valence-corrected chi connectivity index (χ2v) is 7.43. The van der Waals surface area contributed by atoms with Crippen molar-refractivity contribution in [3.8, 4) is 0 Å². The lowest BCUT2D eigenvalue weighted by Crippen LogP contribution is -2.43. The lowest BCUT2D eigenvalue weighted by Gasteiger charge is -2.32. The van der Waals surface area contributed by atoms with Gasteiger partial charge < -0.3 is 14.6 Å². The third-order valence-electron chi connectivity index (χ3n) is 4.57. The van der Waals surface area contributed by atoms with Crippen LogP contribution in [0.5, 0.6) is 0 Å². The van der Waals surface area contributed by atoms with E-state index in [-0.39, 0.29) is 18.2 Å². The molecule has 7 nitrogen and oxygen atoms in total. The predicted octanol–water partition coefficient (Wildman–Crippen LogP) is 2.30. The summed E-state index contributed by atoms with van der Waals surface area (Å²) in [5.41, 5.74) is 1.18. The minimum atomic E-state index is -0.255. The number of furan rings is 1. The number of hydrogen-bond donors (Lipinski definition) is 2. The first-order chi connectivity index (χ1) is 12.6. The average molecular weight is 376 g/mol. The molecule has 1 fully saturated rings. The third kappa shape index (κ3) is 4.50. The minimum absolute atomic E-state index is 0.0969. The summed E-state index contributed by atoms with van der Waals surface area (Å²) in [4.78, 5) is 31.0. The van der Waals surface area contributed by atoms with Crippen LogP contribution in [0.3, 0.4) is 0 Å². The van der Waals surface area contributed by atoms with Crippen LogP contribution in [0.25, 0.3) is 0 Å². The van der Waals surface area contributed by atoms with Crippen molar-refractivity contribution >= 4 is 28.3 Å². The standard InChI is InChI=1S/C18H24N4O3S/c1-12-15(5-7-25-12)17(24)21-18-20-14(11-26-18)8-16(23)22-6-3-4-13(10-22)9-19-2/h5,7,11,13,19H,3-4,6,8-10H2,1-2H3,(H,20,21,24). The molecule has 1 atom stereocenters. The highest BCUT2D eigenvalue weighted by Crippen LogP contribution is 2.20. The lowest BCUT2D eigenvalue weighted by atomic mass is 9.98. The number of carbonyl (C=O) groups is 2. The minimum Gasteiger partial charge on any atom is -0.469 e. The van der Waals surface area contributed by atoms with Crippen molar-refractivity contribution in [2.24, 2.45) is 5.92 Å². The van der Waals surface area contributed by atoms with Gasteiger partial charge >= 0.3 is 0 Å². The molecule has 2 amide bonds. The fourth-order valence-electron chi connectivity index (χ4n) is 3.24. The number of carbonyl (C=O) groups excluding carboxylic acids is 2. The number of anilines is 1. The Morgan fingerprint density at radius 2 is 2.31 bits per heavy atom. The normalized spacial score (nSPS) is 17.3. The molecular weight excluding hydrogens is 352 g/mol. The maximum Gasteiger partial charge on any atom is 0.260 e. The van der Waals surface area contributed by atoms with Crippen molar-refractivity contribution in [2.45, 2.75) is 26.2 Å². The van der Waals surface area contributed by atoms with Gasteiger partial charge in [-0.1, -0.05) is 0 Å². The van der Waals surface area contributed by atoms with Gasteiger partial charge in [0, 0.05) is 18.5 Å². The van der Waals surface area contributed by atoms with Crippen molar-refractivity contribution in [3.63, 3.8) is 0 Å². The molecule has 0 aliphatic carbocycles. The smallest absolute Gasteiger partial charge is 0.260 e. The van der Waals surface area contributed by atoms with Gasteiger partial charge in [0.05, 0.1) is 23.9 Å². The molecule has 2 aromatic heterocycles. The van der Waals surface area contributed by atoms with Crippen LogP contribution in [0, 0.1) is 12.8 Å². The number of amides is 2. The van der Waals surface area contributed by atoms with Gasteiger partial charge in [0.25, 0.3) is 5.91 Å². The van der Waals surface area contributed by atoms with Gasteiger partial charge in [-0.3, -0.25) is 14.9 Å². The quantitative estimate of drug-likeness (QED) is 0.808. The van der Waals surface area contributed by atoms with Crippen LogP contribution < -0.4 is 10.6 Å². The van der Waals surface area contributed by atoms with Crippen molar-refractivity contribution in [3.05, 3.63) is 34.7 Å². The van der Waals surface area contributed by atoms with Gasteiger partial charge in [0.2, 0.25) is 5.91 Å². The van der Waals surface area contributed by atoms with Crippen molar-refractivity contribution < 1.29 is 14.0 Å². The highest BCUT2D eigenvalue weighted by Gasteiger charge is 2.24. The van der Waals surface area contributed by atoms with E-state index in [4.69, 9.17) is 4.42 Å². The zero-order valence-corrected chi connectivity index (χ0v) is 15.9. The van der Waals surface area contributed by atoms with Crippen LogP contribution in [-0.2, 0) is 11.2 Å². The fourth-order valence-corrected chi connectivity index (χ4v) is 3.95. The zero-order chi connectivity index (χ0) is 18.5. The van der Waals surface area contributed by atoms with Crippen molar-refractivity contribution in [2.75, 3.05) is 32.0 Å². The van der Waals surface area contributed by atoms with Crippen molar-refractivity contribution in [1.82, 2.24) is 15.2 Å². The molecule has 26 heavy (non-hydrogen) atoms. The summed E-state index contributed by atoms with van der Waals surface area (Å²) in [6.45, 7) is 4.28. The Labute approximate surface area is 156 Å². The monoisotopic (exact) mass is 376 g/mol. The largest absolute Gasteiger partial charge is 0.469 e. The number of hydrogen-bond acceptors (Lipinski definition) is 6. The third-order valence-corrected chi connectivity index (χ3v) is 5.38. The first-order valence-corrected chi connectivity index (χ1v) is 9.67. The van der Waals surface area contributed by atoms with Gasteiger partial charge in [0.1, 0.15) is 5.76 Å². The fraction of sp³-hybridized carbons (Fsp3) is 0.500. The first-order valence-electron chi connectivity index (χ1n) is 8.79. The molecule has 8 heteroatoms. The summed E-state index contributed by atoms with van der Waals surface area (Å²) >= 11 is 1.32. The molecule has 1 aliphatic rings. The SMILES string of the molecule is CNCC1CCCN(C(=O)Cc2csc(NC(=O)c3ccoc3C)n2)C1. The maximum atomic E-state index is 12.6. The van der Waals surface area contributed by atoms with Gasteiger partial charge in [-0.15, -0.1) is 11.3 Å². The van der Waals surface area contributed by atoms with Crippen LogP contribution in [0.15, 0.2) is 22.1 Å². The van der Waals surface area contributed by atoms with Gasteiger partial charge in [-0.05, 0) is 45.3 Å². The second-order valence-electron chi connectivity index (χ2n) is 6.57. The van der Waals surface area contributed by atoms with E-state index in [1.165, 1.54) is 17.6 Å². The number of nitrogens with zero attached hydrogens (tertiary/aromatic N) is 2. The Morgan fingerprint density at radius 3 is 3.04 bits per heavy atom. The van der Waals surface area contributed by atoms with E-state index in [2.05, 4.69) is 15.6 Å². The number of likely N-dealkylation sites (tertiary alicyclic amines) is 1. The molecule has 0 saturated carbocycles. The number of thiazole rings is 1. The Balaban J connectivity index is 1.55. The average Bonchev–Trinajstić information content (AvgIpc) is 3.24. The number of rotatable bonds is 6. The van der Waals surface area contributed by atoms with Gasteiger partial charge in [-0.2, -0.15) is 0 Å². The van der Waals surface area contributed by atoms with Gasteiger partial charge in [-0.25, -0.2) is 4.98 Å². The summed E-state index contributed by atoms with van der Waals surface area (Å²) in [5, 5.41) is 8.26. The van der Waals surface area contributed by atoms with Gasteiger partial charge in [0.15, 0.2) is 5.13 Å². The molecule has 0 aromatic carbocycles. The summed E-state index contributed by atoms with van der Waals surface area (Å²) in [5.74, 6) is 0.922. The molecule has 0 radical (unpaired) electrons. The topological polar surface area (TPSA) is 87.5 Å². The van der Waals surface area contributed by atoms with Crippen LogP contribution in [0.4, 0.5) is 5.13 Å². The maximum absolute atomic E-state index is 12.6. The molecule has 3 rings (SSSR count).